The van der Waals surface area contributed by atoms with Gasteiger partial charge in [-0.25, -0.2) is 8.42 Å². The summed E-state index contributed by atoms with van der Waals surface area (Å²) in [5.74, 6) is -0.349. The third-order valence-electron chi connectivity index (χ3n) is 5.39. The van der Waals surface area contributed by atoms with Gasteiger partial charge in [0.1, 0.15) is 4.70 Å². The Kier molecular flexibility index (Phi) is 7.05. The van der Waals surface area contributed by atoms with Gasteiger partial charge >= 0.3 is 0 Å². The fourth-order valence-electron chi connectivity index (χ4n) is 3.84. The third kappa shape index (κ3) is 5.09. The van der Waals surface area contributed by atoms with Gasteiger partial charge in [-0.2, -0.15) is 4.57 Å². The molecule has 0 amide bonds. The van der Waals surface area contributed by atoms with Crippen LogP contribution in [-0.4, -0.2) is 25.3 Å². The number of aryl methyl sites for hydroxylation is 1. The van der Waals surface area contributed by atoms with Crippen LogP contribution in [0.2, 0.25) is 0 Å². The van der Waals surface area contributed by atoms with Crippen molar-refractivity contribution in [3.63, 3.8) is 0 Å². The zero-order valence-electron chi connectivity index (χ0n) is 18.2. The van der Waals surface area contributed by atoms with E-state index in [1.165, 1.54) is 21.2 Å². The summed E-state index contributed by atoms with van der Waals surface area (Å²) in [7, 11) is -4.22. The second-order valence-electron chi connectivity index (χ2n) is 7.54. The molecular formula is C24H26N2O3S3. The van der Waals surface area contributed by atoms with E-state index in [0.29, 0.717) is 13.0 Å². The van der Waals surface area contributed by atoms with E-state index in [2.05, 4.69) is 65.8 Å². The van der Waals surface area contributed by atoms with E-state index in [1.807, 2.05) is 18.2 Å². The molecule has 32 heavy (non-hydrogen) atoms. The van der Waals surface area contributed by atoms with E-state index >= 15 is 0 Å². The Morgan fingerprint density at radius 3 is 2.62 bits per heavy atom. The van der Waals surface area contributed by atoms with Crippen molar-refractivity contribution in [3.05, 3.63) is 70.2 Å². The first-order valence-electron chi connectivity index (χ1n) is 10.7. The summed E-state index contributed by atoms with van der Waals surface area (Å²) in [5, 5.41) is 2.28. The largest absolute Gasteiger partial charge is 0.748 e. The molecule has 0 aliphatic carbocycles. The molecule has 0 atom stereocenters. The number of para-hydroxylation sites is 2. The van der Waals surface area contributed by atoms with Crippen LogP contribution in [0.15, 0.2) is 70.1 Å². The van der Waals surface area contributed by atoms with Gasteiger partial charge in [0, 0.05) is 35.8 Å². The van der Waals surface area contributed by atoms with Gasteiger partial charge < -0.3 is 9.45 Å². The van der Waals surface area contributed by atoms with E-state index in [1.54, 1.807) is 23.1 Å². The highest BCUT2D eigenvalue weighted by atomic mass is 32.2. The number of nitrogens with zero attached hydrogens (tertiary/aromatic N) is 2. The van der Waals surface area contributed by atoms with Gasteiger partial charge in [0.2, 0.25) is 5.52 Å². The fourth-order valence-corrected chi connectivity index (χ4v) is 6.69. The van der Waals surface area contributed by atoms with Crippen molar-refractivity contribution < 1.29 is 17.5 Å². The molecule has 1 aromatic heterocycles. The monoisotopic (exact) mass is 486 g/mol. The molecule has 1 aliphatic heterocycles. The van der Waals surface area contributed by atoms with Crippen molar-refractivity contribution in [2.24, 2.45) is 0 Å². The number of anilines is 1. The molecule has 0 spiro atoms. The Labute approximate surface area is 197 Å². The maximum absolute atomic E-state index is 11.1. The maximum Gasteiger partial charge on any atom is 0.263 e. The predicted octanol–water partition coefficient (Wildman–Crippen LogP) is 5.39. The number of thiazole rings is 1. The van der Waals surface area contributed by atoms with E-state index in [4.69, 9.17) is 0 Å². The van der Waals surface area contributed by atoms with Crippen LogP contribution in [0, 0.1) is 0 Å². The number of hydrogen-bond donors (Lipinski definition) is 0. The zero-order chi connectivity index (χ0) is 22.7. The van der Waals surface area contributed by atoms with Crippen LogP contribution in [0.4, 0.5) is 5.69 Å². The van der Waals surface area contributed by atoms with E-state index in [9.17, 15) is 13.0 Å². The van der Waals surface area contributed by atoms with Gasteiger partial charge in [-0.15, -0.1) is 0 Å². The van der Waals surface area contributed by atoms with Crippen LogP contribution in [0.3, 0.4) is 0 Å². The molecule has 0 radical (unpaired) electrons. The molecule has 0 unspecified atom stereocenters. The molecule has 0 saturated carbocycles. The lowest BCUT2D eigenvalue weighted by atomic mass is 10.2. The number of benzene rings is 2. The van der Waals surface area contributed by atoms with Gasteiger partial charge in [-0.05, 0) is 43.2 Å². The highest BCUT2D eigenvalue weighted by Crippen LogP contribution is 2.46. The van der Waals surface area contributed by atoms with Gasteiger partial charge in [0.15, 0.2) is 6.54 Å². The fraction of sp³-hybridized carbons (Fsp3) is 0.292. The summed E-state index contributed by atoms with van der Waals surface area (Å²) in [6.45, 7) is 5.70. The average Bonchev–Trinajstić information content (AvgIpc) is 3.29. The number of aromatic nitrogens is 1. The standard InChI is InChI=1S/C24H26N2O3S3/c1-3-18(16-23-25(4-2)19-10-5-7-12-21(19)30-23)17-24-26(14-9-15-32(27,28)29)20-11-6-8-13-22(20)31-24/h5-8,10-13,16-17H,3-4,9,14-15H2,1-2H3. The molecule has 0 saturated heterocycles. The van der Waals surface area contributed by atoms with Gasteiger partial charge in [0.05, 0.1) is 20.8 Å². The number of allylic oxidation sites excluding steroid dienone is 2. The molecule has 5 nitrogen and oxygen atoms in total. The molecule has 2 aromatic carbocycles. The summed E-state index contributed by atoms with van der Waals surface area (Å²) in [6.07, 6.45) is 5.63. The van der Waals surface area contributed by atoms with Crippen LogP contribution in [0.5, 0.6) is 0 Å². The summed E-state index contributed by atoms with van der Waals surface area (Å²) in [5.41, 5.74) is 3.51. The van der Waals surface area contributed by atoms with Crippen molar-refractivity contribution in [1.82, 2.24) is 0 Å². The smallest absolute Gasteiger partial charge is 0.263 e. The topological polar surface area (TPSA) is 64.3 Å². The van der Waals surface area contributed by atoms with Crippen molar-refractivity contribution in [2.75, 3.05) is 17.2 Å². The molecule has 0 bridgehead atoms. The molecule has 1 aliphatic rings. The molecule has 4 rings (SSSR count). The number of thioether (sulfide) groups is 1. The van der Waals surface area contributed by atoms with Crippen LogP contribution >= 0.6 is 23.1 Å². The lowest BCUT2D eigenvalue weighted by Gasteiger charge is -2.18. The van der Waals surface area contributed by atoms with E-state index < -0.39 is 10.1 Å². The van der Waals surface area contributed by atoms with Crippen molar-refractivity contribution in [1.29, 1.82) is 0 Å². The van der Waals surface area contributed by atoms with Gasteiger partial charge in [0.25, 0.3) is 5.01 Å². The minimum Gasteiger partial charge on any atom is -0.748 e. The maximum atomic E-state index is 11.1. The zero-order valence-corrected chi connectivity index (χ0v) is 20.6. The van der Waals surface area contributed by atoms with Gasteiger partial charge in [-0.1, -0.05) is 54.3 Å². The van der Waals surface area contributed by atoms with Crippen LogP contribution in [0.25, 0.3) is 16.3 Å². The van der Waals surface area contributed by atoms with Crippen molar-refractivity contribution >= 4 is 55.2 Å². The first kappa shape index (κ1) is 23.0. The summed E-state index contributed by atoms with van der Waals surface area (Å²) in [4.78, 5) is 3.61. The molecule has 3 aromatic rings. The quantitative estimate of drug-likeness (QED) is 0.315. The minimum absolute atomic E-state index is 0.301. The van der Waals surface area contributed by atoms with Crippen LogP contribution in [0.1, 0.15) is 31.7 Å². The Bertz CT molecular complexity index is 1290. The second-order valence-corrected chi connectivity index (χ2v) is 11.2. The highest BCUT2D eigenvalue weighted by molar-refractivity contribution is 8.03. The molecule has 168 valence electrons. The Hall–Kier alpha value is -2.13. The molecule has 0 fully saturated rings. The van der Waals surface area contributed by atoms with Crippen LogP contribution in [-0.2, 0) is 16.7 Å². The lowest BCUT2D eigenvalue weighted by molar-refractivity contribution is -0.668. The molecule has 0 N–H and O–H groups in total. The minimum atomic E-state index is -4.22. The normalized spacial score (nSPS) is 15.7. The molecule has 8 heteroatoms. The van der Waals surface area contributed by atoms with E-state index in [-0.39, 0.29) is 5.75 Å². The lowest BCUT2D eigenvalue weighted by Crippen LogP contribution is -2.36. The van der Waals surface area contributed by atoms with Crippen molar-refractivity contribution in [3.8, 4) is 0 Å². The second kappa shape index (κ2) is 9.79. The van der Waals surface area contributed by atoms with E-state index in [0.717, 1.165) is 28.2 Å². The summed E-state index contributed by atoms with van der Waals surface area (Å²) < 4.78 is 36.5. The first-order chi connectivity index (χ1) is 15.4. The van der Waals surface area contributed by atoms with Crippen molar-refractivity contribution in [2.45, 2.75) is 38.1 Å². The Balaban J connectivity index is 1.69. The summed E-state index contributed by atoms with van der Waals surface area (Å²) in [6, 6.07) is 16.6. The average molecular weight is 487 g/mol. The SMILES string of the molecule is CCC(=Cc1sc2ccccc2[n+]1CCCS(=O)(=O)[O-])C=C1Sc2ccccc2N1CC. The predicted molar refractivity (Wildman–Crippen MR) is 133 cm³/mol. The summed E-state index contributed by atoms with van der Waals surface area (Å²) >= 11 is 3.48. The van der Waals surface area contributed by atoms with Gasteiger partial charge in [-0.3, -0.25) is 0 Å². The molecule has 2 heterocycles. The molecular weight excluding hydrogens is 460 g/mol. The number of rotatable bonds is 8. The third-order valence-corrected chi connectivity index (χ3v) is 8.41. The number of fused-ring (bicyclic) bond motifs is 2. The number of hydrogen-bond acceptors (Lipinski definition) is 6. The van der Waals surface area contributed by atoms with Crippen LogP contribution < -0.4 is 9.47 Å². The highest BCUT2D eigenvalue weighted by Gasteiger charge is 2.24. The Morgan fingerprint density at radius 2 is 1.88 bits per heavy atom. The first-order valence-corrected chi connectivity index (χ1v) is 13.9. The Morgan fingerprint density at radius 1 is 1.12 bits per heavy atom.